The Kier molecular flexibility index (Phi) is 4.58. The summed E-state index contributed by atoms with van der Waals surface area (Å²) in [7, 11) is 0. The second kappa shape index (κ2) is 7.04. The van der Waals surface area contributed by atoms with Crippen LogP contribution in [0, 0.1) is 5.82 Å². The number of hydrogen-bond donors (Lipinski definition) is 1. The van der Waals surface area contributed by atoms with Crippen LogP contribution in [-0.4, -0.2) is 24.3 Å². The van der Waals surface area contributed by atoms with Crippen LogP contribution in [0.5, 0.6) is 11.5 Å². The third-order valence-corrected chi connectivity index (χ3v) is 4.45. The lowest BCUT2D eigenvalue weighted by Gasteiger charge is -2.20. The van der Waals surface area contributed by atoms with E-state index in [1.807, 2.05) is 19.9 Å². The average Bonchev–Trinajstić information content (AvgIpc) is 2.64. The van der Waals surface area contributed by atoms with Crippen LogP contribution in [0.25, 0.3) is 22.0 Å². The zero-order chi connectivity index (χ0) is 19.0. The summed E-state index contributed by atoms with van der Waals surface area (Å²) in [6.45, 7) is 4.85. The average molecular weight is 369 g/mol. The molecule has 2 aromatic carbocycles. The second-order valence-electron chi connectivity index (χ2n) is 6.72. The van der Waals surface area contributed by atoms with Gasteiger partial charge in [-0.15, -0.1) is 0 Å². The minimum atomic E-state index is -0.366. The lowest BCUT2D eigenvalue weighted by Crippen LogP contribution is -2.19. The van der Waals surface area contributed by atoms with E-state index in [0.717, 1.165) is 5.39 Å². The predicted molar refractivity (Wildman–Crippen MR) is 101 cm³/mol. The van der Waals surface area contributed by atoms with Gasteiger partial charge in [0.2, 0.25) is 0 Å². The number of nitrogens with one attached hydrogen (secondary N) is 1. The number of halogens is 1. The lowest BCUT2D eigenvalue weighted by molar-refractivity contribution is 0.0654. The van der Waals surface area contributed by atoms with E-state index < -0.39 is 0 Å². The Bertz CT molecular complexity index is 1060. The molecule has 6 heteroatoms. The number of fused-ring (bicyclic) bond motifs is 2. The zero-order valence-corrected chi connectivity index (χ0v) is 15.2. The largest absolute Gasteiger partial charge is 0.486 e. The van der Waals surface area contributed by atoms with Crippen LogP contribution >= 0.6 is 0 Å². The maximum atomic E-state index is 13.9. The number of aromatic amines is 1. The number of pyridine rings is 1. The van der Waals surface area contributed by atoms with Crippen molar-refractivity contribution in [3.63, 3.8) is 0 Å². The summed E-state index contributed by atoms with van der Waals surface area (Å²) in [6.07, 6.45) is -0.0410. The molecule has 1 aromatic heterocycles. The molecule has 0 bridgehead atoms. The Hall–Kier alpha value is -2.86. The minimum absolute atomic E-state index is 0.0410. The van der Waals surface area contributed by atoms with Crippen LogP contribution in [0.1, 0.15) is 19.4 Å². The van der Waals surface area contributed by atoms with E-state index in [9.17, 15) is 9.18 Å². The Morgan fingerprint density at radius 2 is 1.89 bits per heavy atom. The fourth-order valence-electron chi connectivity index (χ4n) is 3.23. The first-order chi connectivity index (χ1) is 13.0. The molecule has 0 saturated carbocycles. The van der Waals surface area contributed by atoms with Crippen molar-refractivity contribution in [2.24, 2.45) is 0 Å². The lowest BCUT2D eigenvalue weighted by atomic mass is 9.96. The quantitative estimate of drug-likeness (QED) is 0.754. The molecule has 140 valence electrons. The number of benzene rings is 2. The first-order valence-electron chi connectivity index (χ1n) is 8.89. The van der Waals surface area contributed by atoms with Crippen LogP contribution in [0.15, 0.2) is 41.2 Å². The molecule has 3 aromatic rings. The van der Waals surface area contributed by atoms with Crippen molar-refractivity contribution in [2.75, 3.05) is 13.2 Å². The maximum Gasteiger partial charge on any atom is 0.254 e. The van der Waals surface area contributed by atoms with Gasteiger partial charge < -0.3 is 19.2 Å². The van der Waals surface area contributed by atoms with E-state index in [1.54, 1.807) is 18.2 Å². The summed E-state index contributed by atoms with van der Waals surface area (Å²) in [5.74, 6) is 0.823. The molecular weight excluding hydrogens is 349 g/mol. The van der Waals surface area contributed by atoms with E-state index in [4.69, 9.17) is 14.2 Å². The van der Waals surface area contributed by atoms with Gasteiger partial charge in [0, 0.05) is 17.0 Å². The zero-order valence-electron chi connectivity index (χ0n) is 15.2. The van der Waals surface area contributed by atoms with Crippen molar-refractivity contribution in [1.82, 2.24) is 4.98 Å². The normalized spacial score (nSPS) is 13.3. The van der Waals surface area contributed by atoms with Crippen molar-refractivity contribution >= 4 is 10.9 Å². The van der Waals surface area contributed by atoms with Crippen molar-refractivity contribution in [3.8, 4) is 22.6 Å². The van der Waals surface area contributed by atoms with Gasteiger partial charge in [0.1, 0.15) is 19.0 Å². The van der Waals surface area contributed by atoms with Gasteiger partial charge in [-0.25, -0.2) is 4.39 Å². The molecule has 2 heterocycles. The summed E-state index contributed by atoms with van der Waals surface area (Å²) >= 11 is 0. The van der Waals surface area contributed by atoms with Gasteiger partial charge >= 0.3 is 0 Å². The Labute approximate surface area is 155 Å². The van der Waals surface area contributed by atoms with Crippen LogP contribution < -0.4 is 15.0 Å². The van der Waals surface area contributed by atoms with Crippen molar-refractivity contribution in [1.29, 1.82) is 0 Å². The molecule has 0 amide bonds. The monoisotopic (exact) mass is 369 g/mol. The van der Waals surface area contributed by atoms with Crippen LogP contribution in [0.3, 0.4) is 0 Å². The molecular formula is C21H20FNO4. The summed E-state index contributed by atoms with van der Waals surface area (Å²) in [5.41, 5.74) is 2.06. The minimum Gasteiger partial charge on any atom is -0.486 e. The maximum absolute atomic E-state index is 13.9. The SMILES string of the molecule is CC(C)OCc1c(-c2cccc(F)c2)c2cc3c(cc2[nH]c1=O)OCCO3. The van der Waals surface area contributed by atoms with Crippen LogP contribution in [0.2, 0.25) is 0 Å². The molecule has 0 atom stereocenters. The molecule has 4 rings (SSSR count). The number of H-pyrrole nitrogens is 1. The standard InChI is InChI=1S/C21H20FNO4/c1-12(2)27-11-16-20(13-4-3-5-14(22)8-13)15-9-18-19(26-7-6-25-18)10-17(15)23-21(16)24/h3-5,8-10,12H,6-7,11H2,1-2H3,(H,23,24). The summed E-state index contributed by atoms with van der Waals surface area (Å²) in [6, 6.07) is 9.79. The van der Waals surface area contributed by atoms with Crippen LogP contribution in [0.4, 0.5) is 4.39 Å². The highest BCUT2D eigenvalue weighted by Crippen LogP contribution is 2.38. The molecule has 0 spiro atoms. The van der Waals surface area contributed by atoms with Crippen molar-refractivity contribution in [3.05, 3.63) is 58.1 Å². The van der Waals surface area contributed by atoms with Crippen LogP contribution in [-0.2, 0) is 11.3 Å². The third-order valence-electron chi connectivity index (χ3n) is 4.45. The highest BCUT2D eigenvalue weighted by atomic mass is 19.1. The molecule has 0 radical (unpaired) electrons. The molecule has 1 N–H and O–H groups in total. The first-order valence-corrected chi connectivity index (χ1v) is 8.89. The van der Waals surface area contributed by atoms with Gasteiger partial charge in [-0.2, -0.15) is 0 Å². The van der Waals surface area contributed by atoms with Crippen molar-refractivity contribution in [2.45, 2.75) is 26.6 Å². The molecule has 27 heavy (non-hydrogen) atoms. The van der Waals surface area contributed by atoms with Crippen molar-refractivity contribution < 1.29 is 18.6 Å². The number of rotatable bonds is 4. The molecule has 0 fully saturated rings. The van der Waals surface area contributed by atoms with Gasteiger partial charge in [-0.3, -0.25) is 4.79 Å². The van der Waals surface area contributed by atoms with E-state index in [1.165, 1.54) is 12.1 Å². The van der Waals surface area contributed by atoms with Gasteiger partial charge in [0.25, 0.3) is 5.56 Å². The van der Waals surface area contributed by atoms with E-state index in [0.29, 0.717) is 46.9 Å². The van der Waals surface area contributed by atoms with Gasteiger partial charge in [0.05, 0.1) is 23.8 Å². The molecule has 0 saturated heterocycles. The highest BCUT2D eigenvalue weighted by Gasteiger charge is 2.20. The molecule has 1 aliphatic heterocycles. The third kappa shape index (κ3) is 3.40. The van der Waals surface area contributed by atoms with Gasteiger partial charge in [0.15, 0.2) is 11.5 Å². The molecule has 0 aliphatic carbocycles. The van der Waals surface area contributed by atoms with E-state index in [-0.39, 0.29) is 24.1 Å². The smallest absolute Gasteiger partial charge is 0.254 e. The molecule has 5 nitrogen and oxygen atoms in total. The Morgan fingerprint density at radius 3 is 2.59 bits per heavy atom. The summed E-state index contributed by atoms with van der Waals surface area (Å²) in [4.78, 5) is 15.7. The molecule has 0 unspecified atom stereocenters. The fraction of sp³-hybridized carbons (Fsp3) is 0.286. The molecule has 1 aliphatic rings. The summed E-state index contributed by atoms with van der Waals surface area (Å²) in [5, 5.41) is 0.756. The topological polar surface area (TPSA) is 60.6 Å². The second-order valence-corrected chi connectivity index (χ2v) is 6.72. The van der Waals surface area contributed by atoms with Gasteiger partial charge in [-0.05, 0) is 37.6 Å². The highest BCUT2D eigenvalue weighted by molar-refractivity contribution is 5.97. The van der Waals surface area contributed by atoms with E-state index >= 15 is 0 Å². The Morgan fingerprint density at radius 1 is 1.15 bits per heavy atom. The number of hydrogen-bond acceptors (Lipinski definition) is 4. The number of aromatic nitrogens is 1. The van der Waals surface area contributed by atoms with E-state index in [2.05, 4.69) is 4.98 Å². The predicted octanol–water partition coefficient (Wildman–Crippen LogP) is 4.03. The Balaban J connectivity index is 2.01. The van der Waals surface area contributed by atoms with Gasteiger partial charge in [-0.1, -0.05) is 12.1 Å². The number of ether oxygens (including phenoxy) is 3. The fourth-order valence-corrected chi connectivity index (χ4v) is 3.23. The summed E-state index contributed by atoms with van der Waals surface area (Å²) < 4.78 is 30.9. The first kappa shape index (κ1) is 17.5.